The minimum atomic E-state index is 0.926. The quantitative estimate of drug-likeness (QED) is 0.169. The highest BCUT2D eigenvalue weighted by molar-refractivity contribution is 7.26. The summed E-state index contributed by atoms with van der Waals surface area (Å²) in [4.78, 5) is 5.21. The van der Waals surface area contributed by atoms with E-state index in [9.17, 15) is 0 Å². The molecule has 3 aromatic heterocycles. The van der Waals surface area contributed by atoms with E-state index in [0.717, 1.165) is 33.8 Å². The third kappa shape index (κ3) is 4.07. The summed E-state index contributed by atoms with van der Waals surface area (Å²) in [5.41, 5.74) is 7.72. The fourth-order valence-corrected chi connectivity index (χ4v) is 10.1. The van der Waals surface area contributed by atoms with Gasteiger partial charge in [0.05, 0.1) is 22.1 Å². The highest BCUT2D eigenvalue weighted by atomic mass is 32.1. The maximum atomic E-state index is 5.21. The van der Waals surface area contributed by atoms with Crippen LogP contribution in [0.1, 0.15) is 0 Å². The summed E-state index contributed by atoms with van der Waals surface area (Å²) in [7, 11) is 0. The van der Waals surface area contributed by atoms with Gasteiger partial charge in [-0.3, -0.25) is 4.57 Å². The third-order valence-electron chi connectivity index (χ3n) is 11.1. The summed E-state index contributed by atoms with van der Waals surface area (Å²) in [6.07, 6.45) is 0. The zero-order valence-electron chi connectivity index (χ0n) is 28.5. The van der Waals surface area contributed by atoms with Crippen molar-refractivity contribution in [1.29, 1.82) is 0 Å². The third-order valence-corrected chi connectivity index (χ3v) is 12.3. The molecule has 0 aliphatic rings. The Morgan fingerprint density at radius 2 is 1.04 bits per heavy atom. The minimum absolute atomic E-state index is 0.926. The van der Waals surface area contributed by atoms with Crippen molar-refractivity contribution in [2.45, 2.75) is 0 Å². The second-order valence-corrected chi connectivity index (χ2v) is 15.0. The number of hydrogen-bond donors (Lipinski definition) is 0. The van der Waals surface area contributed by atoms with E-state index in [1.165, 1.54) is 74.3 Å². The van der Waals surface area contributed by atoms with Crippen LogP contribution in [-0.2, 0) is 0 Å². The molecule has 0 unspecified atom stereocenters. The molecule has 0 amide bonds. The van der Waals surface area contributed by atoms with Gasteiger partial charge in [0.2, 0.25) is 0 Å². The Morgan fingerprint density at radius 1 is 0.377 bits per heavy atom. The summed E-state index contributed by atoms with van der Waals surface area (Å²) < 4.78 is 7.41. The van der Waals surface area contributed by atoms with Crippen LogP contribution in [-0.4, -0.2) is 14.1 Å². The Kier molecular flexibility index (Phi) is 5.93. The molecule has 4 heteroatoms. The van der Waals surface area contributed by atoms with Crippen LogP contribution in [0.15, 0.2) is 176 Å². The second-order valence-electron chi connectivity index (χ2n) is 13.9. The van der Waals surface area contributed by atoms with Crippen LogP contribution in [0.2, 0.25) is 0 Å². The molecule has 0 saturated heterocycles. The van der Waals surface area contributed by atoms with E-state index < -0.39 is 0 Å². The number of nitrogens with zero attached hydrogens (tertiary/aromatic N) is 3. The summed E-state index contributed by atoms with van der Waals surface area (Å²) in [5.74, 6) is 0.926. The molecule has 0 aliphatic carbocycles. The zero-order chi connectivity index (χ0) is 34.6. The van der Waals surface area contributed by atoms with E-state index in [4.69, 9.17) is 4.98 Å². The van der Waals surface area contributed by atoms with Crippen molar-refractivity contribution in [3.8, 4) is 22.8 Å². The van der Waals surface area contributed by atoms with Gasteiger partial charge in [-0.05, 0) is 87.6 Å². The number of thiophene rings is 1. The highest BCUT2D eigenvalue weighted by Gasteiger charge is 2.20. The first kappa shape index (κ1) is 28.9. The van der Waals surface area contributed by atoms with E-state index in [0.29, 0.717) is 0 Å². The molecule has 12 aromatic rings. The Hall–Kier alpha value is -6.75. The van der Waals surface area contributed by atoms with E-state index in [-0.39, 0.29) is 0 Å². The average Bonchev–Trinajstić information content (AvgIpc) is 3.90. The van der Waals surface area contributed by atoms with Gasteiger partial charge < -0.3 is 4.57 Å². The fourth-order valence-electron chi connectivity index (χ4n) is 8.80. The van der Waals surface area contributed by atoms with Gasteiger partial charge in [0, 0.05) is 53.3 Å². The summed E-state index contributed by atoms with van der Waals surface area (Å²) in [6, 6.07) is 64.0. The maximum Gasteiger partial charge on any atom is 0.145 e. The van der Waals surface area contributed by atoms with E-state index in [1.54, 1.807) is 0 Å². The predicted molar refractivity (Wildman–Crippen MR) is 226 cm³/mol. The number of imidazole rings is 1. The molecule has 0 spiro atoms. The van der Waals surface area contributed by atoms with Crippen molar-refractivity contribution in [3.63, 3.8) is 0 Å². The van der Waals surface area contributed by atoms with Crippen molar-refractivity contribution in [1.82, 2.24) is 14.1 Å². The smallest absolute Gasteiger partial charge is 0.145 e. The van der Waals surface area contributed by atoms with Crippen molar-refractivity contribution < 1.29 is 0 Å². The van der Waals surface area contributed by atoms with Gasteiger partial charge >= 0.3 is 0 Å². The molecule has 12 rings (SSSR count). The topological polar surface area (TPSA) is 22.8 Å². The van der Waals surface area contributed by atoms with Crippen LogP contribution < -0.4 is 0 Å². The fraction of sp³-hybridized carbons (Fsp3) is 0. The second kappa shape index (κ2) is 10.9. The maximum absolute atomic E-state index is 5.21. The first-order valence-electron chi connectivity index (χ1n) is 18.1. The molecular weight excluding hydrogens is 663 g/mol. The lowest BCUT2D eigenvalue weighted by Gasteiger charge is -2.14. The molecule has 3 nitrogen and oxygen atoms in total. The lowest BCUT2D eigenvalue weighted by atomic mass is 9.92. The van der Waals surface area contributed by atoms with Crippen molar-refractivity contribution in [2.24, 2.45) is 0 Å². The number of para-hydroxylation sites is 4. The summed E-state index contributed by atoms with van der Waals surface area (Å²) in [5, 5.41) is 13.0. The van der Waals surface area contributed by atoms with Crippen LogP contribution in [0.3, 0.4) is 0 Å². The minimum Gasteiger partial charge on any atom is -0.309 e. The molecule has 0 bridgehead atoms. The molecule has 246 valence electrons. The Balaban J connectivity index is 1.17. The van der Waals surface area contributed by atoms with Crippen LogP contribution in [0, 0.1) is 0 Å². The molecule has 0 saturated carbocycles. The molecule has 0 aliphatic heterocycles. The van der Waals surface area contributed by atoms with Gasteiger partial charge in [-0.2, -0.15) is 0 Å². The van der Waals surface area contributed by atoms with E-state index >= 15 is 0 Å². The van der Waals surface area contributed by atoms with Crippen LogP contribution in [0.4, 0.5) is 0 Å². The lowest BCUT2D eigenvalue weighted by Crippen LogP contribution is -1.99. The largest absolute Gasteiger partial charge is 0.309 e. The van der Waals surface area contributed by atoms with Crippen LogP contribution in [0.5, 0.6) is 0 Å². The molecule has 3 heterocycles. The first-order chi connectivity index (χ1) is 26.3. The van der Waals surface area contributed by atoms with Crippen LogP contribution in [0.25, 0.3) is 108 Å². The highest BCUT2D eigenvalue weighted by Crippen LogP contribution is 2.46. The SMILES string of the molecule is c1ccc(-n2c(-c3cccc(-n4c5ccccc5c5cc6c7ccccc7c7c(ccc8c9ccccc9sc87)c6cc54)c3)nc3ccccc32)cc1. The molecule has 9 aromatic carbocycles. The normalized spacial score (nSPS) is 12.2. The molecule has 0 atom stereocenters. The predicted octanol–water partition coefficient (Wildman–Crippen LogP) is 13.6. The van der Waals surface area contributed by atoms with Crippen molar-refractivity contribution in [3.05, 3.63) is 176 Å². The van der Waals surface area contributed by atoms with E-state index in [1.807, 2.05) is 11.3 Å². The zero-order valence-corrected chi connectivity index (χ0v) is 29.3. The Labute approximate surface area is 308 Å². The van der Waals surface area contributed by atoms with Gasteiger partial charge in [0.15, 0.2) is 0 Å². The number of fused-ring (bicyclic) bond motifs is 14. The summed E-state index contributed by atoms with van der Waals surface area (Å²) >= 11 is 1.91. The standard InChI is InChI=1S/C49H29N3S/c1-2-14-31(15-3-1)52-44-23-10-8-21-42(44)50-49(52)30-13-12-16-32(27-30)51-43-22-9-6-18-34(43)41-28-39-33-17-4-5-20-36(33)47-37(40(39)29-45(41)51)25-26-38-35-19-7-11-24-46(35)53-48(38)47/h1-29H. The number of hydrogen-bond acceptors (Lipinski definition) is 2. The lowest BCUT2D eigenvalue weighted by molar-refractivity contribution is 1.10. The molecule has 0 radical (unpaired) electrons. The first-order valence-corrected chi connectivity index (χ1v) is 18.9. The van der Waals surface area contributed by atoms with Crippen LogP contribution >= 0.6 is 11.3 Å². The van der Waals surface area contributed by atoms with Gasteiger partial charge in [-0.25, -0.2) is 4.98 Å². The van der Waals surface area contributed by atoms with Gasteiger partial charge in [0.25, 0.3) is 0 Å². The molecule has 0 N–H and O–H groups in total. The average molecular weight is 692 g/mol. The number of benzene rings is 9. The summed E-state index contributed by atoms with van der Waals surface area (Å²) in [6.45, 7) is 0. The van der Waals surface area contributed by atoms with Gasteiger partial charge in [0.1, 0.15) is 5.82 Å². The van der Waals surface area contributed by atoms with E-state index in [2.05, 4.69) is 185 Å². The Morgan fingerprint density at radius 3 is 1.92 bits per heavy atom. The Bertz CT molecular complexity index is 3460. The number of aromatic nitrogens is 3. The van der Waals surface area contributed by atoms with Crippen molar-refractivity contribution in [2.75, 3.05) is 0 Å². The monoisotopic (exact) mass is 691 g/mol. The van der Waals surface area contributed by atoms with Crippen molar-refractivity contribution >= 4 is 96.7 Å². The molecule has 53 heavy (non-hydrogen) atoms. The molecular formula is C49H29N3S. The van der Waals surface area contributed by atoms with Gasteiger partial charge in [-0.1, -0.05) is 115 Å². The molecule has 0 fully saturated rings. The van der Waals surface area contributed by atoms with Gasteiger partial charge in [-0.15, -0.1) is 11.3 Å². The number of rotatable bonds is 3.